The van der Waals surface area contributed by atoms with E-state index in [2.05, 4.69) is 69.4 Å². The van der Waals surface area contributed by atoms with E-state index >= 15 is 0 Å². The number of benzene rings is 4. The van der Waals surface area contributed by atoms with Gasteiger partial charge in [-0.25, -0.2) is 14.4 Å². The zero-order chi connectivity index (χ0) is 42.4. The van der Waals surface area contributed by atoms with Crippen LogP contribution in [0.15, 0.2) is 115 Å². The van der Waals surface area contributed by atoms with E-state index in [-0.39, 0.29) is 6.61 Å². The molecule has 4 aromatic carbocycles. The minimum Gasteiger partial charge on any atom is -0.445 e. The van der Waals surface area contributed by atoms with E-state index in [1.54, 1.807) is 0 Å². The van der Waals surface area contributed by atoms with Crippen LogP contribution in [0.2, 0.25) is 0 Å². The number of alkyl carbamates (subject to hydrolysis) is 2. The van der Waals surface area contributed by atoms with Gasteiger partial charge >= 0.3 is 18.3 Å². The minimum atomic E-state index is -0.637. The number of rotatable bonds is 12. The van der Waals surface area contributed by atoms with E-state index in [1.165, 1.54) is 22.3 Å². The molecule has 10 nitrogen and oxygen atoms in total. The molecule has 0 unspecified atom stereocenters. The highest BCUT2D eigenvalue weighted by molar-refractivity contribution is 5.86. The van der Waals surface area contributed by atoms with Gasteiger partial charge in [-0.15, -0.1) is 0 Å². The number of nitrogens with zero attached hydrogens (tertiary/aromatic N) is 1. The maximum atomic E-state index is 12.9. The molecule has 0 atom stereocenters. The SMILES string of the molecule is CC(C)(C)OC(=O)NC1=CCC2=c3ccc(NC(=O)OC(C)(C)C)cc3=C(c3ccccc3)N(CCCCCCNC(=O)OCc3cccc4c3Cc3ccccc3-4)C2=C1. The number of unbranched alkanes of at least 4 members (excludes halogenated alkanes) is 3. The highest BCUT2D eigenvalue weighted by atomic mass is 16.6. The molecule has 2 aliphatic carbocycles. The molecule has 0 fully saturated rings. The lowest BCUT2D eigenvalue weighted by Gasteiger charge is -2.36. The van der Waals surface area contributed by atoms with E-state index in [9.17, 15) is 14.4 Å². The van der Waals surface area contributed by atoms with Gasteiger partial charge in [0.2, 0.25) is 0 Å². The fourth-order valence-corrected chi connectivity index (χ4v) is 8.01. The molecule has 0 aromatic heterocycles. The maximum absolute atomic E-state index is 12.9. The lowest BCUT2D eigenvalue weighted by Crippen LogP contribution is -2.43. The first-order valence-corrected chi connectivity index (χ1v) is 20.9. The predicted octanol–water partition coefficient (Wildman–Crippen LogP) is 9.41. The number of anilines is 1. The monoisotopic (exact) mass is 808 g/mol. The molecule has 0 radical (unpaired) electrons. The maximum Gasteiger partial charge on any atom is 0.412 e. The molecule has 60 heavy (non-hydrogen) atoms. The van der Waals surface area contributed by atoms with Crippen LogP contribution < -0.4 is 26.4 Å². The van der Waals surface area contributed by atoms with E-state index in [0.29, 0.717) is 30.9 Å². The summed E-state index contributed by atoms with van der Waals surface area (Å²) in [5.41, 5.74) is 10.2. The van der Waals surface area contributed by atoms with Gasteiger partial charge in [0.25, 0.3) is 0 Å². The van der Waals surface area contributed by atoms with Crippen molar-refractivity contribution in [3.8, 4) is 11.1 Å². The van der Waals surface area contributed by atoms with Gasteiger partial charge in [0, 0.05) is 35.4 Å². The second-order valence-electron chi connectivity index (χ2n) is 17.4. The number of carbonyl (C=O) groups is 3. The summed E-state index contributed by atoms with van der Waals surface area (Å²) in [6.07, 6.45) is 7.58. The Kier molecular flexibility index (Phi) is 12.5. The van der Waals surface area contributed by atoms with Gasteiger partial charge in [-0.05, 0) is 130 Å². The van der Waals surface area contributed by atoms with Crippen LogP contribution in [0.25, 0.3) is 22.4 Å². The summed E-state index contributed by atoms with van der Waals surface area (Å²) >= 11 is 0. The zero-order valence-corrected chi connectivity index (χ0v) is 35.6. The Morgan fingerprint density at radius 3 is 2.17 bits per heavy atom. The van der Waals surface area contributed by atoms with Crippen molar-refractivity contribution in [1.82, 2.24) is 15.5 Å². The molecular weight excluding hydrogens is 753 g/mol. The summed E-state index contributed by atoms with van der Waals surface area (Å²) in [4.78, 5) is 40.8. The Labute approximate surface area is 353 Å². The summed E-state index contributed by atoms with van der Waals surface area (Å²) in [5.74, 6) is 0. The molecule has 10 heteroatoms. The van der Waals surface area contributed by atoms with Crippen molar-refractivity contribution in [3.05, 3.63) is 147 Å². The summed E-state index contributed by atoms with van der Waals surface area (Å²) in [6.45, 7) is 12.5. The first-order chi connectivity index (χ1) is 28.7. The molecule has 3 N–H and O–H groups in total. The van der Waals surface area contributed by atoms with Crippen molar-refractivity contribution < 1.29 is 28.6 Å². The summed E-state index contributed by atoms with van der Waals surface area (Å²) in [5, 5.41) is 10.9. The quantitative estimate of drug-likeness (QED) is 0.0850. The molecule has 0 spiro atoms. The smallest absolute Gasteiger partial charge is 0.412 e. The van der Waals surface area contributed by atoms with Gasteiger partial charge in [-0.3, -0.25) is 10.6 Å². The Morgan fingerprint density at radius 2 is 1.40 bits per heavy atom. The summed E-state index contributed by atoms with van der Waals surface area (Å²) in [7, 11) is 0. The highest BCUT2D eigenvalue weighted by Gasteiger charge is 2.28. The lowest BCUT2D eigenvalue weighted by molar-refractivity contribution is 0.0546. The van der Waals surface area contributed by atoms with Gasteiger partial charge in [0.05, 0.1) is 5.70 Å². The molecule has 1 heterocycles. The molecule has 0 saturated heterocycles. The first kappa shape index (κ1) is 41.9. The first-order valence-electron chi connectivity index (χ1n) is 20.9. The molecule has 1 aliphatic heterocycles. The van der Waals surface area contributed by atoms with E-state index in [1.807, 2.05) is 96.2 Å². The van der Waals surface area contributed by atoms with Crippen LogP contribution >= 0.6 is 0 Å². The average molecular weight is 809 g/mol. The Hall–Kier alpha value is -6.29. The Morgan fingerprint density at radius 1 is 0.700 bits per heavy atom. The second kappa shape index (κ2) is 17.9. The summed E-state index contributed by atoms with van der Waals surface area (Å²) < 4.78 is 16.8. The number of allylic oxidation sites excluding steroid dienone is 3. The van der Waals surface area contributed by atoms with Crippen molar-refractivity contribution in [1.29, 1.82) is 0 Å². The van der Waals surface area contributed by atoms with E-state index in [0.717, 1.165) is 70.6 Å². The number of nitrogens with one attached hydrogen (secondary N) is 3. The fraction of sp³-hybridized carbons (Fsp3) is 0.340. The van der Waals surface area contributed by atoms with Crippen LogP contribution in [0.5, 0.6) is 0 Å². The molecule has 0 saturated carbocycles. The van der Waals surface area contributed by atoms with Gasteiger partial charge in [-0.2, -0.15) is 0 Å². The minimum absolute atomic E-state index is 0.236. The average Bonchev–Trinajstić information content (AvgIpc) is 3.58. The number of hydrogen-bond acceptors (Lipinski definition) is 7. The second-order valence-corrected chi connectivity index (χ2v) is 17.4. The Balaban J connectivity index is 1.04. The van der Waals surface area contributed by atoms with Crippen molar-refractivity contribution in [2.45, 2.75) is 97.9 Å². The molecule has 3 amide bonds. The number of ether oxygens (including phenoxy) is 3. The van der Waals surface area contributed by atoms with Gasteiger partial charge < -0.3 is 24.4 Å². The number of fused-ring (bicyclic) bond motifs is 5. The molecule has 3 aliphatic rings. The summed E-state index contributed by atoms with van der Waals surface area (Å²) in [6, 6.07) is 30.9. The molecule has 7 rings (SSSR count). The highest BCUT2D eigenvalue weighted by Crippen LogP contribution is 2.38. The fourth-order valence-electron chi connectivity index (χ4n) is 8.01. The van der Waals surface area contributed by atoms with Crippen molar-refractivity contribution in [3.63, 3.8) is 0 Å². The molecule has 312 valence electrons. The number of amides is 3. The van der Waals surface area contributed by atoms with Crippen LogP contribution in [0.3, 0.4) is 0 Å². The topological polar surface area (TPSA) is 118 Å². The van der Waals surface area contributed by atoms with Crippen LogP contribution in [-0.4, -0.2) is 47.5 Å². The largest absolute Gasteiger partial charge is 0.445 e. The van der Waals surface area contributed by atoms with Crippen LogP contribution in [0.4, 0.5) is 20.1 Å². The third-order valence-electron chi connectivity index (χ3n) is 10.5. The standard InChI is InChI=1S/C50H56N4O6/c1-49(2,3)59-47(56)52-36-23-25-40-41-26-24-37(53-48(57)60-50(4,5)6)31-44(41)54(45(43(40)30-36)33-17-10-9-11-18-33)28-15-8-7-14-27-51-46(55)58-32-35-20-16-22-39-38-21-13-12-19-34(38)29-42(35)39/h9-13,16-25,30-31H,7-8,14-15,26-29,32H2,1-6H3,(H,51,55)(H,52,56)(H,53,57). The van der Waals surface area contributed by atoms with Gasteiger partial charge in [0.1, 0.15) is 17.8 Å². The Bertz CT molecular complexity index is 2460. The van der Waals surface area contributed by atoms with Crippen molar-refractivity contribution >= 4 is 35.2 Å². The predicted molar refractivity (Wildman–Crippen MR) is 236 cm³/mol. The molecular formula is C50H56N4O6. The normalized spacial score (nSPS) is 14.1. The van der Waals surface area contributed by atoms with E-state index in [4.69, 9.17) is 14.2 Å². The van der Waals surface area contributed by atoms with Crippen LogP contribution in [0, 0.1) is 0 Å². The molecule has 4 aromatic rings. The zero-order valence-electron chi connectivity index (χ0n) is 35.6. The van der Waals surface area contributed by atoms with E-state index < -0.39 is 29.5 Å². The van der Waals surface area contributed by atoms with Crippen LogP contribution in [0.1, 0.15) is 95.9 Å². The number of carbonyl (C=O) groups excluding carboxylic acids is 3. The van der Waals surface area contributed by atoms with Crippen LogP contribution in [-0.2, 0) is 27.2 Å². The van der Waals surface area contributed by atoms with Gasteiger partial charge in [0.15, 0.2) is 0 Å². The van der Waals surface area contributed by atoms with Crippen molar-refractivity contribution in [2.24, 2.45) is 0 Å². The van der Waals surface area contributed by atoms with Crippen molar-refractivity contribution in [2.75, 3.05) is 18.4 Å². The number of hydrogen-bond donors (Lipinski definition) is 3. The third kappa shape index (κ3) is 10.3. The lowest BCUT2D eigenvalue weighted by atomic mass is 9.91. The van der Waals surface area contributed by atoms with Gasteiger partial charge in [-0.1, -0.05) is 97.8 Å². The third-order valence-corrected chi connectivity index (χ3v) is 10.5. The molecule has 0 bridgehead atoms.